The standard InChI is InChI=1S/C20H19N5OS/c1-24(2)16-11-8-15(9-12-16)19-21-22-20-25(19)23-18(27-20)13-10-14-6-4-5-7-17(14)26-3/h4-13H,1-3H3. The molecule has 2 aromatic carbocycles. The summed E-state index contributed by atoms with van der Waals surface area (Å²) in [6.07, 6.45) is 3.96. The lowest BCUT2D eigenvalue weighted by Gasteiger charge is -2.11. The number of anilines is 1. The second-order valence-electron chi connectivity index (χ2n) is 6.17. The zero-order valence-corrected chi connectivity index (χ0v) is 16.1. The first-order valence-electron chi connectivity index (χ1n) is 8.47. The number of methoxy groups -OCH3 is 1. The number of aromatic nitrogens is 4. The Morgan fingerprint density at radius 2 is 1.78 bits per heavy atom. The van der Waals surface area contributed by atoms with E-state index in [4.69, 9.17) is 4.74 Å². The normalized spacial score (nSPS) is 11.4. The van der Waals surface area contributed by atoms with Gasteiger partial charge in [-0.15, -0.1) is 10.2 Å². The molecule has 0 spiro atoms. The first-order chi connectivity index (χ1) is 13.2. The van der Waals surface area contributed by atoms with E-state index in [-0.39, 0.29) is 0 Å². The highest BCUT2D eigenvalue weighted by molar-refractivity contribution is 7.17. The summed E-state index contributed by atoms with van der Waals surface area (Å²) in [4.78, 5) is 2.83. The van der Waals surface area contributed by atoms with Gasteiger partial charge in [-0.1, -0.05) is 29.5 Å². The van der Waals surface area contributed by atoms with Gasteiger partial charge in [0.1, 0.15) is 10.8 Å². The van der Waals surface area contributed by atoms with Crippen LogP contribution in [0.15, 0.2) is 48.5 Å². The smallest absolute Gasteiger partial charge is 0.235 e. The molecule has 0 aliphatic carbocycles. The van der Waals surface area contributed by atoms with Gasteiger partial charge < -0.3 is 9.64 Å². The van der Waals surface area contributed by atoms with E-state index in [1.54, 1.807) is 11.6 Å². The van der Waals surface area contributed by atoms with Gasteiger partial charge in [-0.05, 0) is 42.5 Å². The molecule has 4 rings (SSSR count). The summed E-state index contributed by atoms with van der Waals surface area (Å²) in [7, 11) is 5.71. The van der Waals surface area contributed by atoms with Gasteiger partial charge in [-0.3, -0.25) is 0 Å². The summed E-state index contributed by atoms with van der Waals surface area (Å²) in [5, 5.41) is 14.1. The lowest BCUT2D eigenvalue weighted by molar-refractivity contribution is 0.414. The molecule has 7 heteroatoms. The number of hydrogen-bond donors (Lipinski definition) is 0. The molecule has 0 aliphatic heterocycles. The fourth-order valence-corrected chi connectivity index (χ4v) is 3.49. The van der Waals surface area contributed by atoms with Gasteiger partial charge in [0.25, 0.3) is 0 Å². The maximum atomic E-state index is 5.38. The number of para-hydroxylation sites is 1. The Morgan fingerprint density at radius 1 is 1.00 bits per heavy atom. The van der Waals surface area contributed by atoms with Crippen LogP contribution in [0, 0.1) is 0 Å². The number of nitrogens with zero attached hydrogens (tertiary/aromatic N) is 5. The summed E-state index contributed by atoms with van der Waals surface area (Å²) in [6.45, 7) is 0. The van der Waals surface area contributed by atoms with Crippen molar-refractivity contribution in [2.24, 2.45) is 0 Å². The molecule has 0 N–H and O–H groups in total. The van der Waals surface area contributed by atoms with E-state index in [2.05, 4.69) is 32.3 Å². The molecule has 2 heterocycles. The SMILES string of the molecule is COc1ccccc1C=Cc1nn2c(-c3ccc(N(C)C)cc3)nnc2s1. The predicted molar refractivity (Wildman–Crippen MR) is 110 cm³/mol. The number of ether oxygens (including phenoxy) is 1. The van der Waals surface area contributed by atoms with Crippen LogP contribution in [0.3, 0.4) is 0 Å². The van der Waals surface area contributed by atoms with Gasteiger partial charge in [-0.2, -0.15) is 9.61 Å². The van der Waals surface area contributed by atoms with E-state index >= 15 is 0 Å². The third-order valence-corrected chi connectivity index (χ3v) is 5.06. The fraction of sp³-hybridized carbons (Fsp3) is 0.150. The Hall–Kier alpha value is -3.19. The van der Waals surface area contributed by atoms with Gasteiger partial charge >= 0.3 is 0 Å². The molecule has 0 bridgehead atoms. The molecule has 0 aliphatic rings. The molecule has 2 aromatic heterocycles. The Labute approximate surface area is 161 Å². The number of rotatable bonds is 5. The van der Waals surface area contributed by atoms with Gasteiger partial charge in [0.2, 0.25) is 4.96 Å². The lowest BCUT2D eigenvalue weighted by atomic mass is 10.2. The monoisotopic (exact) mass is 377 g/mol. The quantitative estimate of drug-likeness (QED) is 0.524. The molecule has 0 saturated carbocycles. The summed E-state index contributed by atoms with van der Waals surface area (Å²) < 4.78 is 7.17. The Balaban J connectivity index is 1.65. The highest BCUT2D eigenvalue weighted by atomic mass is 32.1. The topological polar surface area (TPSA) is 55.6 Å². The van der Waals surface area contributed by atoms with Crippen LogP contribution in [0.25, 0.3) is 28.5 Å². The highest BCUT2D eigenvalue weighted by Crippen LogP contribution is 2.25. The average molecular weight is 377 g/mol. The van der Waals surface area contributed by atoms with Gasteiger partial charge in [0.05, 0.1) is 7.11 Å². The first-order valence-corrected chi connectivity index (χ1v) is 9.28. The lowest BCUT2D eigenvalue weighted by Crippen LogP contribution is -2.08. The van der Waals surface area contributed by atoms with Gasteiger partial charge in [-0.25, -0.2) is 0 Å². The molecular formula is C20H19N5OS. The first kappa shape index (κ1) is 17.2. The molecule has 0 radical (unpaired) electrons. The molecule has 27 heavy (non-hydrogen) atoms. The molecule has 0 atom stereocenters. The Bertz CT molecular complexity index is 1100. The average Bonchev–Trinajstić information content (AvgIpc) is 3.27. The molecular weight excluding hydrogens is 358 g/mol. The van der Waals surface area contributed by atoms with Crippen molar-refractivity contribution in [3.05, 3.63) is 59.1 Å². The minimum atomic E-state index is 0.739. The molecule has 4 aromatic rings. The predicted octanol–water partition coefficient (Wildman–Crippen LogP) is 4.10. The fourth-order valence-electron chi connectivity index (χ4n) is 2.75. The maximum Gasteiger partial charge on any atom is 0.235 e. The van der Waals surface area contributed by atoms with Crippen molar-refractivity contribution in [3.63, 3.8) is 0 Å². The van der Waals surface area contributed by atoms with Crippen LogP contribution < -0.4 is 9.64 Å². The number of hydrogen-bond acceptors (Lipinski definition) is 6. The van der Waals surface area contributed by atoms with Crippen molar-refractivity contribution in [1.29, 1.82) is 0 Å². The summed E-state index contributed by atoms with van der Waals surface area (Å²) in [5.74, 6) is 1.57. The van der Waals surface area contributed by atoms with Crippen LogP contribution in [-0.4, -0.2) is 41.0 Å². The van der Waals surface area contributed by atoms with Crippen molar-refractivity contribution in [3.8, 4) is 17.1 Å². The molecule has 0 amide bonds. The third kappa shape index (κ3) is 3.41. The maximum absolute atomic E-state index is 5.38. The largest absolute Gasteiger partial charge is 0.496 e. The van der Waals surface area contributed by atoms with Gasteiger partial charge in [0.15, 0.2) is 5.82 Å². The van der Waals surface area contributed by atoms with E-state index < -0.39 is 0 Å². The van der Waals surface area contributed by atoms with Crippen molar-refractivity contribution < 1.29 is 4.74 Å². The van der Waals surface area contributed by atoms with E-state index in [9.17, 15) is 0 Å². The molecule has 0 unspecified atom stereocenters. The Kier molecular flexibility index (Phi) is 4.60. The van der Waals surface area contributed by atoms with Crippen LogP contribution in [0.4, 0.5) is 5.69 Å². The molecule has 136 valence electrons. The second-order valence-corrected chi connectivity index (χ2v) is 7.16. The summed E-state index contributed by atoms with van der Waals surface area (Å²) in [6, 6.07) is 16.1. The van der Waals surface area contributed by atoms with Crippen LogP contribution >= 0.6 is 11.3 Å². The van der Waals surface area contributed by atoms with Crippen LogP contribution in [0.5, 0.6) is 5.75 Å². The Morgan fingerprint density at radius 3 is 2.52 bits per heavy atom. The number of benzene rings is 2. The van der Waals surface area contributed by atoms with Gasteiger partial charge in [0, 0.05) is 30.9 Å². The van der Waals surface area contributed by atoms with Crippen LogP contribution in [0.2, 0.25) is 0 Å². The zero-order chi connectivity index (χ0) is 18.8. The molecule has 0 fully saturated rings. The molecule has 6 nitrogen and oxygen atoms in total. The van der Waals surface area contributed by atoms with E-state index in [0.717, 1.165) is 38.4 Å². The van der Waals surface area contributed by atoms with Crippen molar-refractivity contribution >= 4 is 34.1 Å². The number of fused-ring (bicyclic) bond motifs is 1. The zero-order valence-electron chi connectivity index (χ0n) is 15.3. The summed E-state index contributed by atoms with van der Waals surface area (Å²) in [5.41, 5.74) is 3.13. The highest BCUT2D eigenvalue weighted by Gasteiger charge is 2.12. The third-order valence-electron chi connectivity index (χ3n) is 4.19. The van der Waals surface area contributed by atoms with Crippen molar-refractivity contribution in [1.82, 2.24) is 19.8 Å². The van der Waals surface area contributed by atoms with E-state index in [0.29, 0.717) is 0 Å². The van der Waals surface area contributed by atoms with Crippen molar-refractivity contribution in [2.45, 2.75) is 0 Å². The minimum Gasteiger partial charge on any atom is -0.496 e. The summed E-state index contributed by atoms with van der Waals surface area (Å²) >= 11 is 1.50. The second kappa shape index (κ2) is 7.20. The van der Waals surface area contributed by atoms with Crippen LogP contribution in [0.1, 0.15) is 10.6 Å². The van der Waals surface area contributed by atoms with Crippen molar-refractivity contribution in [2.75, 3.05) is 26.1 Å². The van der Waals surface area contributed by atoms with E-state index in [1.165, 1.54) is 11.3 Å². The van der Waals surface area contributed by atoms with Crippen LogP contribution in [-0.2, 0) is 0 Å². The minimum absolute atomic E-state index is 0.739. The molecule has 0 saturated heterocycles. The van der Waals surface area contributed by atoms with E-state index in [1.807, 2.05) is 62.6 Å².